The summed E-state index contributed by atoms with van der Waals surface area (Å²) in [6.07, 6.45) is 1.20. The van der Waals surface area contributed by atoms with E-state index in [0.29, 0.717) is 26.1 Å². The molecule has 0 spiro atoms. The molecular formula is C10H16O4. The third kappa shape index (κ3) is 2.32. The summed E-state index contributed by atoms with van der Waals surface area (Å²) in [6.45, 7) is 4.83. The van der Waals surface area contributed by atoms with Crippen LogP contribution in [0.2, 0.25) is 0 Å². The fourth-order valence-electron chi connectivity index (χ4n) is 1.49. The van der Waals surface area contributed by atoms with E-state index in [2.05, 4.69) is 0 Å². The Labute approximate surface area is 83.6 Å². The number of ketones is 1. The van der Waals surface area contributed by atoms with Crippen molar-refractivity contribution in [1.29, 1.82) is 0 Å². The summed E-state index contributed by atoms with van der Waals surface area (Å²) >= 11 is 0. The summed E-state index contributed by atoms with van der Waals surface area (Å²) in [7, 11) is 0. The molecular weight excluding hydrogens is 184 g/mol. The summed E-state index contributed by atoms with van der Waals surface area (Å²) in [4.78, 5) is 22.9. The van der Waals surface area contributed by atoms with Gasteiger partial charge in [0.1, 0.15) is 0 Å². The summed E-state index contributed by atoms with van der Waals surface area (Å²) in [5, 5.41) is 0. The van der Waals surface area contributed by atoms with Gasteiger partial charge in [-0.1, -0.05) is 6.92 Å². The lowest BCUT2D eigenvalue weighted by Crippen LogP contribution is -2.39. The van der Waals surface area contributed by atoms with Crippen molar-refractivity contribution in [3.05, 3.63) is 0 Å². The zero-order chi connectivity index (χ0) is 10.6. The van der Waals surface area contributed by atoms with E-state index in [-0.39, 0.29) is 6.61 Å². The minimum atomic E-state index is -0.711. The van der Waals surface area contributed by atoms with Crippen LogP contribution >= 0.6 is 0 Å². The lowest BCUT2D eigenvalue weighted by Gasteiger charge is -2.30. The van der Waals surface area contributed by atoms with Gasteiger partial charge in [-0.05, 0) is 19.8 Å². The Hall–Kier alpha value is -0.900. The fourth-order valence-corrected chi connectivity index (χ4v) is 1.49. The third-order valence-electron chi connectivity index (χ3n) is 2.61. The summed E-state index contributed by atoms with van der Waals surface area (Å²) in [5.74, 6) is -1.13. The zero-order valence-electron chi connectivity index (χ0n) is 8.67. The maximum atomic E-state index is 11.7. The monoisotopic (exact) mass is 200 g/mol. The van der Waals surface area contributed by atoms with Crippen LogP contribution in [0, 0.1) is 5.41 Å². The van der Waals surface area contributed by atoms with Gasteiger partial charge in [-0.15, -0.1) is 0 Å². The van der Waals surface area contributed by atoms with Crippen LogP contribution in [0.3, 0.4) is 0 Å². The van der Waals surface area contributed by atoms with E-state index >= 15 is 0 Å². The van der Waals surface area contributed by atoms with Gasteiger partial charge in [0.15, 0.2) is 0 Å². The molecule has 0 N–H and O–H groups in total. The van der Waals surface area contributed by atoms with E-state index in [1.54, 1.807) is 13.8 Å². The Morgan fingerprint density at radius 1 is 1.36 bits per heavy atom. The molecule has 1 heterocycles. The van der Waals surface area contributed by atoms with Crippen LogP contribution < -0.4 is 0 Å². The van der Waals surface area contributed by atoms with E-state index in [4.69, 9.17) is 9.47 Å². The van der Waals surface area contributed by atoms with Gasteiger partial charge in [0.25, 0.3) is 0 Å². The highest BCUT2D eigenvalue weighted by Gasteiger charge is 2.39. The zero-order valence-corrected chi connectivity index (χ0v) is 8.67. The SMILES string of the molecule is CCOC(=O)C(=O)C1(C)CCOCC1. The van der Waals surface area contributed by atoms with Crippen LogP contribution in [0.15, 0.2) is 0 Å². The van der Waals surface area contributed by atoms with E-state index < -0.39 is 17.2 Å². The first kappa shape index (κ1) is 11.2. The van der Waals surface area contributed by atoms with Crippen LogP contribution in [0.1, 0.15) is 26.7 Å². The van der Waals surface area contributed by atoms with Gasteiger partial charge in [-0.2, -0.15) is 0 Å². The van der Waals surface area contributed by atoms with E-state index in [9.17, 15) is 9.59 Å². The maximum absolute atomic E-state index is 11.7. The molecule has 0 unspecified atom stereocenters. The number of carbonyl (C=O) groups excluding carboxylic acids is 2. The first-order valence-corrected chi connectivity index (χ1v) is 4.89. The number of ether oxygens (including phenoxy) is 2. The van der Waals surface area contributed by atoms with Gasteiger partial charge in [0.05, 0.1) is 6.61 Å². The Morgan fingerprint density at radius 2 is 1.93 bits per heavy atom. The molecule has 80 valence electrons. The highest BCUT2D eigenvalue weighted by atomic mass is 16.5. The van der Waals surface area contributed by atoms with Crippen molar-refractivity contribution in [3.63, 3.8) is 0 Å². The van der Waals surface area contributed by atoms with Gasteiger partial charge < -0.3 is 9.47 Å². The summed E-state index contributed by atoms with van der Waals surface area (Å²) in [6, 6.07) is 0. The second-order valence-electron chi connectivity index (χ2n) is 3.72. The fraction of sp³-hybridized carbons (Fsp3) is 0.800. The predicted molar refractivity (Wildman–Crippen MR) is 49.8 cm³/mol. The number of Topliss-reactive ketones (excluding diaryl/α,β-unsaturated/α-hetero) is 1. The average molecular weight is 200 g/mol. The van der Waals surface area contributed by atoms with Crippen molar-refractivity contribution in [1.82, 2.24) is 0 Å². The molecule has 14 heavy (non-hydrogen) atoms. The van der Waals surface area contributed by atoms with Crippen molar-refractivity contribution in [3.8, 4) is 0 Å². The molecule has 0 aromatic carbocycles. The first-order chi connectivity index (χ1) is 6.60. The Balaban J connectivity index is 2.61. The van der Waals surface area contributed by atoms with Gasteiger partial charge in [0, 0.05) is 18.6 Å². The number of hydrogen-bond donors (Lipinski definition) is 0. The number of rotatable bonds is 3. The highest BCUT2D eigenvalue weighted by molar-refractivity contribution is 6.35. The maximum Gasteiger partial charge on any atom is 0.375 e. The Morgan fingerprint density at radius 3 is 2.43 bits per heavy atom. The molecule has 0 aromatic heterocycles. The molecule has 0 atom stereocenters. The molecule has 4 heteroatoms. The predicted octanol–water partition coefficient (Wildman–Crippen LogP) is 0.935. The van der Waals surface area contributed by atoms with Crippen molar-refractivity contribution in [2.75, 3.05) is 19.8 Å². The van der Waals surface area contributed by atoms with Crippen molar-refractivity contribution < 1.29 is 19.1 Å². The molecule has 0 aliphatic carbocycles. The van der Waals surface area contributed by atoms with E-state index in [1.807, 2.05) is 0 Å². The van der Waals surface area contributed by atoms with Crippen LogP contribution in [0.4, 0.5) is 0 Å². The van der Waals surface area contributed by atoms with Gasteiger partial charge >= 0.3 is 5.97 Å². The Kier molecular flexibility index (Phi) is 3.63. The van der Waals surface area contributed by atoms with Gasteiger partial charge in [-0.25, -0.2) is 4.79 Å². The minimum Gasteiger partial charge on any atom is -0.460 e. The van der Waals surface area contributed by atoms with E-state index in [1.165, 1.54) is 0 Å². The lowest BCUT2D eigenvalue weighted by molar-refractivity contribution is -0.160. The molecule has 1 rings (SSSR count). The lowest BCUT2D eigenvalue weighted by atomic mass is 9.78. The molecule has 1 saturated heterocycles. The molecule has 1 fully saturated rings. The molecule has 0 bridgehead atoms. The minimum absolute atomic E-state index is 0.247. The van der Waals surface area contributed by atoms with Gasteiger partial charge in [0.2, 0.25) is 5.78 Å². The van der Waals surface area contributed by atoms with Crippen molar-refractivity contribution >= 4 is 11.8 Å². The molecule has 1 aliphatic heterocycles. The molecule has 4 nitrogen and oxygen atoms in total. The largest absolute Gasteiger partial charge is 0.460 e. The highest BCUT2D eigenvalue weighted by Crippen LogP contribution is 2.31. The van der Waals surface area contributed by atoms with Crippen molar-refractivity contribution in [2.45, 2.75) is 26.7 Å². The summed E-state index contributed by atoms with van der Waals surface area (Å²) < 4.78 is 9.84. The first-order valence-electron chi connectivity index (χ1n) is 4.89. The molecule has 0 aromatic rings. The normalized spacial score (nSPS) is 20.1. The third-order valence-corrected chi connectivity index (χ3v) is 2.61. The van der Waals surface area contributed by atoms with Crippen LogP contribution in [-0.2, 0) is 19.1 Å². The molecule has 0 saturated carbocycles. The number of carbonyl (C=O) groups is 2. The second kappa shape index (κ2) is 4.55. The molecule has 1 aliphatic rings. The quantitative estimate of drug-likeness (QED) is 0.502. The topological polar surface area (TPSA) is 52.6 Å². The molecule has 0 radical (unpaired) electrons. The standard InChI is InChI=1S/C10H16O4/c1-3-14-9(12)8(11)10(2)4-6-13-7-5-10/h3-7H2,1-2H3. The summed E-state index contributed by atoms with van der Waals surface area (Å²) in [5.41, 5.74) is -0.579. The smallest absolute Gasteiger partial charge is 0.375 e. The second-order valence-corrected chi connectivity index (χ2v) is 3.72. The number of hydrogen-bond acceptors (Lipinski definition) is 4. The van der Waals surface area contributed by atoms with Gasteiger partial charge in [-0.3, -0.25) is 4.79 Å². The molecule has 0 amide bonds. The van der Waals surface area contributed by atoms with Crippen molar-refractivity contribution in [2.24, 2.45) is 5.41 Å². The Bertz CT molecular complexity index is 228. The van der Waals surface area contributed by atoms with E-state index in [0.717, 1.165) is 0 Å². The average Bonchev–Trinajstić information content (AvgIpc) is 2.18. The van der Waals surface area contributed by atoms with Crippen LogP contribution in [0.25, 0.3) is 0 Å². The number of esters is 1. The van der Waals surface area contributed by atoms with Crippen LogP contribution in [-0.4, -0.2) is 31.6 Å². The van der Waals surface area contributed by atoms with Crippen LogP contribution in [0.5, 0.6) is 0 Å².